The first-order chi connectivity index (χ1) is 13.4. The molecule has 0 saturated carbocycles. The molecule has 1 fully saturated rings. The molecule has 1 amide bonds. The molecule has 0 aliphatic carbocycles. The minimum atomic E-state index is -3.66. The van der Waals surface area contributed by atoms with Gasteiger partial charge in [0, 0.05) is 24.7 Å². The van der Waals surface area contributed by atoms with Gasteiger partial charge in [0.1, 0.15) is 0 Å². The fraction of sp³-hybridized carbons (Fsp3) is 0.381. The van der Waals surface area contributed by atoms with Crippen LogP contribution in [0.3, 0.4) is 0 Å². The SMILES string of the molecule is Cc1ccc(S(=O)(=O)N2CCCC(C(=O)NCCc3ccccc3)C2)cc1Cl. The van der Waals surface area contributed by atoms with Crippen molar-refractivity contribution in [2.45, 2.75) is 31.1 Å². The number of amides is 1. The third-order valence-corrected chi connectivity index (χ3v) is 7.36. The molecule has 1 aliphatic heterocycles. The highest BCUT2D eigenvalue weighted by atomic mass is 35.5. The molecule has 1 saturated heterocycles. The van der Waals surface area contributed by atoms with Crippen LogP contribution in [-0.4, -0.2) is 38.3 Å². The van der Waals surface area contributed by atoms with E-state index in [1.54, 1.807) is 12.1 Å². The molecule has 0 radical (unpaired) electrons. The predicted octanol–water partition coefficient (Wildman–Crippen LogP) is 3.41. The molecule has 1 atom stereocenters. The fourth-order valence-electron chi connectivity index (χ4n) is 3.38. The van der Waals surface area contributed by atoms with E-state index >= 15 is 0 Å². The summed E-state index contributed by atoms with van der Waals surface area (Å²) in [6.45, 7) is 2.99. The van der Waals surface area contributed by atoms with Gasteiger partial charge in [-0.05, 0) is 49.4 Å². The maximum atomic E-state index is 13.0. The summed E-state index contributed by atoms with van der Waals surface area (Å²) in [5.41, 5.74) is 1.99. The standard InChI is InChI=1S/C21H25ClN2O3S/c1-16-9-10-19(14-20(16)22)28(26,27)24-13-5-8-18(15-24)21(25)23-12-11-17-6-3-2-4-7-17/h2-4,6-7,9-10,14,18H,5,8,11-13,15H2,1H3,(H,23,25). The molecule has 0 aromatic heterocycles. The van der Waals surface area contributed by atoms with E-state index in [1.165, 1.54) is 10.4 Å². The van der Waals surface area contributed by atoms with Crippen LogP contribution in [0.25, 0.3) is 0 Å². The molecule has 7 heteroatoms. The second-order valence-electron chi connectivity index (χ2n) is 7.14. The zero-order valence-corrected chi connectivity index (χ0v) is 17.5. The summed E-state index contributed by atoms with van der Waals surface area (Å²) >= 11 is 6.10. The number of sulfonamides is 1. The molecule has 1 heterocycles. The number of hydrogen-bond donors (Lipinski definition) is 1. The molecule has 5 nitrogen and oxygen atoms in total. The van der Waals surface area contributed by atoms with Crippen molar-refractivity contribution in [1.82, 2.24) is 9.62 Å². The van der Waals surface area contributed by atoms with Crippen molar-refractivity contribution in [2.75, 3.05) is 19.6 Å². The average molecular weight is 421 g/mol. The van der Waals surface area contributed by atoms with Gasteiger partial charge in [-0.2, -0.15) is 4.31 Å². The highest BCUT2D eigenvalue weighted by Crippen LogP contribution is 2.26. The first-order valence-corrected chi connectivity index (χ1v) is 11.3. The van der Waals surface area contributed by atoms with Crippen LogP contribution < -0.4 is 5.32 Å². The Morgan fingerprint density at radius 2 is 1.96 bits per heavy atom. The monoisotopic (exact) mass is 420 g/mol. The fourth-order valence-corrected chi connectivity index (χ4v) is 5.17. The van der Waals surface area contributed by atoms with Gasteiger partial charge < -0.3 is 5.32 Å². The number of carbonyl (C=O) groups is 1. The highest BCUT2D eigenvalue weighted by Gasteiger charge is 2.33. The number of aryl methyl sites for hydroxylation is 1. The van der Waals surface area contributed by atoms with Gasteiger partial charge in [-0.1, -0.05) is 48.0 Å². The smallest absolute Gasteiger partial charge is 0.243 e. The number of piperidine rings is 1. The Morgan fingerprint density at radius 3 is 2.68 bits per heavy atom. The van der Waals surface area contributed by atoms with Gasteiger partial charge >= 0.3 is 0 Å². The maximum absolute atomic E-state index is 13.0. The summed E-state index contributed by atoms with van der Waals surface area (Å²) in [6, 6.07) is 14.7. The number of benzene rings is 2. The van der Waals surface area contributed by atoms with E-state index < -0.39 is 10.0 Å². The molecule has 0 spiro atoms. The number of nitrogens with zero attached hydrogens (tertiary/aromatic N) is 1. The third kappa shape index (κ3) is 4.93. The number of rotatable bonds is 6. The first-order valence-electron chi connectivity index (χ1n) is 9.46. The minimum Gasteiger partial charge on any atom is -0.355 e. The van der Waals surface area contributed by atoms with Crippen LogP contribution in [0.15, 0.2) is 53.4 Å². The molecule has 1 aliphatic rings. The van der Waals surface area contributed by atoms with Crippen LogP contribution >= 0.6 is 11.6 Å². The van der Waals surface area contributed by atoms with Crippen LogP contribution in [0.4, 0.5) is 0 Å². The maximum Gasteiger partial charge on any atom is 0.243 e. The summed E-state index contributed by atoms with van der Waals surface area (Å²) in [4.78, 5) is 12.7. The first kappa shape index (κ1) is 20.8. The van der Waals surface area contributed by atoms with E-state index in [4.69, 9.17) is 11.6 Å². The Labute approximate surface area is 171 Å². The number of nitrogens with one attached hydrogen (secondary N) is 1. The quantitative estimate of drug-likeness (QED) is 0.778. The van der Waals surface area contributed by atoms with Crippen LogP contribution in [0.1, 0.15) is 24.0 Å². The summed E-state index contributed by atoms with van der Waals surface area (Å²) in [5.74, 6) is -0.419. The zero-order chi connectivity index (χ0) is 20.1. The largest absolute Gasteiger partial charge is 0.355 e. The molecule has 1 unspecified atom stereocenters. The summed E-state index contributed by atoms with van der Waals surface area (Å²) in [7, 11) is -3.66. The van der Waals surface area contributed by atoms with E-state index in [0.717, 1.165) is 17.5 Å². The lowest BCUT2D eigenvalue weighted by molar-refractivity contribution is -0.126. The lowest BCUT2D eigenvalue weighted by Gasteiger charge is -2.31. The molecule has 3 rings (SSSR count). The molecule has 1 N–H and O–H groups in total. The van der Waals surface area contributed by atoms with Gasteiger partial charge in [-0.3, -0.25) is 4.79 Å². The summed E-state index contributed by atoms with van der Waals surface area (Å²) in [6.07, 6.45) is 2.11. The Kier molecular flexibility index (Phi) is 6.75. The van der Waals surface area contributed by atoms with Gasteiger partial charge in [0.15, 0.2) is 0 Å². The van der Waals surface area contributed by atoms with Gasteiger partial charge in [-0.25, -0.2) is 8.42 Å². The number of carbonyl (C=O) groups excluding carboxylic acids is 1. The van der Waals surface area contributed by atoms with Crippen LogP contribution in [-0.2, 0) is 21.2 Å². The second kappa shape index (κ2) is 9.07. The van der Waals surface area contributed by atoms with Gasteiger partial charge in [0.05, 0.1) is 10.8 Å². The van der Waals surface area contributed by atoms with E-state index in [1.807, 2.05) is 37.3 Å². The van der Waals surface area contributed by atoms with E-state index in [2.05, 4.69) is 5.32 Å². The Balaban J connectivity index is 1.61. The predicted molar refractivity (Wildman–Crippen MR) is 111 cm³/mol. The Bertz CT molecular complexity index is 932. The molecule has 2 aromatic carbocycles. The minimum absolute atomic E-state index is 0.0854. The van der Waals surface area contributed by atoms with Crippen molar-refractivity contribution >= 4 is 27.5 Å². The molecule has 0 bridgehead atoms. The number of halogens is 1. The van der Waals surface area contributed by atoms with Gasteiger partial charge in [0.2, 0.25) is 15.9 Å². The Hall–Kier alpha value is -1.89. The van der Waals surface area contributed by atoms with E-state index in [0.29, 0.717) is 31.0 Å². The molecule has 28 heavy (non-hydrogen) atoms. The molecule has 2 aromatic rings. The molecule has 150 valence electrons. The third-order valence-electron chi connectivity index (χ3n) is 5.09. The summed E-state index contributed by atoms with van der Waals surface area (Å²) in [5, 5.41) is 3.37. The van der Waals surface area contributed by atoms with Crippen LogP contribution in [0, 0.1) is 12.8 Å². The van der Waals surface area contributed by atoms with Crippen LogP contribution in [0.2, 0.25) is 5.02 Å². The molecular formula is C21H25ClN2O3S. The molecular weight excluding hydrogens is 396 g/mol. The van der Waals surface area contributed by atoms with Crippen molar-refractivity contribution in [1.29, 1.82) is 0 Å². The number of hydrogen-bond acceptors (Lipinski definition) is 3. The lowest BCUT2D eigenvalue weighted by Crippen LogP contribution is -2.45. The van der Waals surface area contributed by atoms with Crippen molar-refractivity contribution in [3.8, 4) is 0 Å². The highest BCUT2D eigenvalue weighted by molar-refractivity contribution is 7.89. The average Bonchev–Trinajstić information content (AvgIpc) is 2.71. The zero-order valence-electron chi connectivity index (χ0n) is 15.9. The van der Waals surface area contributed by atoms with E-state index in [-0.39, 0.29) is 23.3 Å². The van der Waals surface area contributed by atoms with Crippen LogP contribution in [0.5, 0.6) is 0 Å². The van der Waals surface area contributed by atoms with Crippen molar-refractivity contribution in [3.63, 3.8) is 0 Å². The Morgan fingerprint density at radius 1 is 1.21 bits per heavy atom. The van der Waals surface area contributed by atoms with Crippen molar-refractivity contribution in [2.24, 2.45) is 5.92 Å². The van der Waals surface area contributed by atoms with E-state index in [9.17, 15) is 13.2 Å². The lowest BCUT2D eigenvalue weighted by atomic mass is 9.99. The second-order valence-corrected chi connectivity index (χ2v) is 9.48. The van der Waals surface area contributed by atoms with Gasteiger partial charge in [-0.15, -0.1) is 0 Å². The van der Waals surface area contributed by atoms with Crippen molar-refractivity contribution < 1.29 is 13.2 Å². The normalized spacial score (nSPS) is 18.0. The van der Waals surface area contributed by atoms with Crippen molar-refractivity contribution in [3.05, 3.63) is 64.7 Å². The summed E-state index contributed by atoms with van der Waals surface area (Å²) < 4.78 is 27.3. The topological polar surface area (TPSA) is 66.5 Å². The van der Waals surface area contributed by atoms with Gasteiger partial charge in [0.25, 0.3) is 0 Å².